The quantitative estimate of drug-likeness (QED) is 0.745. The standard InChI is InChI=1S/C14H19BrN2O2/c1-10-8-11(4-5-12(10)15)16-17-13(18)9-14(19)6-2-3-7-14/h4-5,8,16,19H,2-3,6-7,9H2,1H3,(H,17,18). The van der Waals surface area contributed by atoms with Crippen molar-refractivity contribution in [2.24, 2.45) is 0 Å². The van der Waals surface area contributed by atoms with Gasteiger partial charge >= 0.3 is 0 Å². The fourth-order valence-electron chi connectivity index (χ4n) is 2.42. The number of benzene rings is 1. The van der Waals surface area contributed by atoms with Crippen LogP contribution >= 0.6 is 15.9 Å². The molecule has 1 saturated carbocycles. The number of aryl methyl sites for hydroxylation is 1. The Balaban J connectivity index is 1.84. The molecule has 3 N–H and O–H groups in total. The van der Waals surface area contributed by atoms with E-state index >= 15 is 0 Å². The van der Waals surface area contributed by atoms with Crippen molar-refractivity contribution in [3.8, 4) is 0 Å². The highest BCUT2D eigenvalue weighted by Gasteiger charge is 2.33. The third kappa shape index (κ3) is 3.94. The van der Waals surface area contributed by atoms with Gasteiger partial charge in [-0.15, -0.1) is 0 Å². The predicted molar refractivity (Wildman–Crippen MR) is 78.7 cm³/mol. The number of carbonyl (C=O) groups excluding carboxylic acids is 1. The molecule has 1 amide bonds. The molecule has 1 fully saturated rings. The zero-order valence-electron chi connectivity index (χ0n) is 11.0. The zero-order chi connectivity index (χ0) is 13.9. The number of hydrazine groups is 1. The molecule has 104 valence electrons. The first-order valence-electron chi connectivity index (χ1n) is 6.52. The summed E-state index contributed by atoms with van der Waals surface area (Å²) < 4.78 is 1.03. The summed E-state index contributed by atoms with van der Waals surface area (Å²) in [4.78, 5) is 11.8. The van der Waals surface area contributed by atoms with Crippen molar-refractivity contribution in [1.82, 2.24) is 5.43 Å². The molecule has 0 radical (unpaired) electrons. The van der Waals surface area contributed by atoms with E-state index in [9.17, 15) is 9.90 Å². The van der Waals surface area contributed by atoms with Crippen molar-refractivity contribution >= 4 is 27.5 Å². The lowest BCUT2D eigenvalue weighted by Crippen LogP contribution is -2.37. The Morgan fingerprint density at radius 2 is 2.11 bits per heavy atom. The second-order valence-corrected chi connectivity index (χ2v) is 6.10. The summed E-state index contributed by atoms with van der Waals surface area (Å²) in [5.74, 6) is -0.176. The summed E-state index contributed by atoms with van der Waals surface area (Å²) in [6, 6.07) is 5.74. The van der Waals surface area contributed by atoms with Crippen LogP contribution in [0.15, 0.2) is 22.7 Å². The van der Waals surface area contributed by atoms with Crippen LogP contribution in [-0.2, 0) is 4.79 Å². The Morgan fingerprint density at radius 1 is 1.42 bits per heavy atom. The average molecular weight is 327 g/mol. The molecule has 1 aliphatic carbocycles. The first-order valence-corrected chi connectivity index (χ1v) is 7.31. The smallest absolute Gasteiger partial charge is 0.241 e. The molecule has 0 atom stereocenters. The van der Waals surface area contributed by atoms with Gasteiger partial charge in [-0.3, -0.25) is 15.6 Å². The van der Waals surface area contributed by atoms with Gasteiger partial charge < -0.3 is 5.11 Å². The van der Waals surface area contributed by atoms with E-state index in [-0.39, 0.29) is 12.3 Å². The van der Waals surface area contributed by atoms with E-state index in [1.807, 2.05) is 25.1 Å². The van der Waals surface area contributed by atoms with Gasteiger partial charge in [0.15, 0.2) is 0 Å². The number of carbonyl (C=O) groups is 1. The fourth-order valence-corrected chi connectivity index (χ4v) is 2.66. The van der Waals surface area contributed by atoms with E-state index in [1.54, 1.807) is 0 Å². The number of hydrogen-bond donors (Lipinski definition) is 3. The summed E-state index contributed by atoms with van der Waals surface area (Å²) in [6.45, 7) is 1.98. The van der Waals surface area contributed by atoms with E-state index in [4.69, 9.17) is 0 Å². The van der Waals surface area contributed by atoms with Crippen LogP contribution in [0.1, 0.15) is 37.7 Å². The molecule has 4 nitrogen and oxygen atoms in total. The van der Waals surface area contributed by atoms with E-state index in [0.717, 1.165) is 41.4 Å². The largest absolute Gasteiger partial charge is 0.389 e. The molecule has 0 unspecified atom stereocenters. The van der Waals surface area contributed by atoms with Gasteiger partial charge in [0.05, 0.1) is 17.7 Å². The van der Waals surface area contributed by atoms with Gasteiger partial charge in [-0.1, -0.05) is 28.8 Å². The van der Waals surface area contributed by atoms with E-state index in [1.165, 1.54) is 0 Å². The lowest BCUT2D eigenvalue weighted by molar-refractivity contribution is -0.125. The number of hydrogen-bond acceptors (Lipinski definition) is 3. The van der Waals surface area contributed by atoms with Crippen LogP contribution in [0, 0.1) is 6.92 Å². The van der Waals surface area contributed by atoms with Crippen LogP contribution in [-0.4, -0.2) is 16.6 Å². The van der Waals surface area contributed by atoms with E-state index < -0.39 is 5.60 Å². The van der Waals surface area contributed by atoms with E-state index in [2.05, 4.69) is 26.8 Å². The minimum absolute atomic E-state index is 0.162. The van der Waals surface area contributed by atoms with Gasteiger partial charge in [0.25, 0.3) is 0 Å². The van der Waals surface area contributed by atoms with Gasteiger partial charge in [-0.2, -0.15) is 0 Å². The summed E-state index contributed by atoms with van der Waals surface area (Å²) in [5, 5.41) is 10.1. The number of nitrogens with one attached hydrogen (secondary N) is 2. The molecule has 0 bridgehead atoms. The second-order valence-electron chi connectivity index (χ2n) is 5.25. The maximum atomic E-state index is 11.8. The van der Waals surface area contributed by atoms with Crippen molar-refractivity contribution in [3.05, 3.63) is 28.2 Å². The molecule has 0 aliphatic heterocycles. The summed E-state index contributed by atoms with van der Waals surface area (Å²) in [5.41, 5.74) is 6.62. The summed E-state index contributed by atoms with van der Waals surface area (Å²) >= 11 is 3.43. The number of rotatable bonds is 4. The summed E-state index contributed by atoms with van der Waals surface area (Å²) in [6.07, 6.45) is 3.61. The van der Waals surface area contributed by atoms with Gasteiger partial charge in [0, 0.05) is 4.47 Å². The number of anilines is 1. The highest BCUT2D eigenvalue weighted by atomic mass is 79.9. The Bertz CT molecular complexity index is 471. The third-order valence-corrected chi connectivity index (χ3v) is 4.42. The normalized spacial score (nSPS) is 17.2. The molecule has 2 rings (SSSR count). The number of halogens is 1. The van der Waals surface area contributed by atoms with Gasteiger partial charge in [0.2, 0.25) is 5.91 Å². The fraction of sp³-hybridized carbons (Fsp3) is 0.500. The van der Waals surface area contributed by atoms with Crippen LogP contribution < -0.4 is 10.9 Å². The molecule has 1 aliphatic rings. The van der Waals surface area contributed by atoms with Crippen LogP contribution in [0.3, 0.4) is 0 Å². The Labute approximate surface area is 121 Å². The molecular weight excluding hydrogens is 308 g/mol. The Kier molecular flexibility index (Phi) is 4.47. The monoisotopic (exact) mass is 326 g/mol. The molecule has 1 aromatic carbocycles. The van der Waals surface area contributed by atoms with Gasteiger partial charge in [-0.25, -0.2) is 0 Å². The predicted octanol–water partition coefficient (Wildman–Crippen LogP) is 2.90. The average Bonchev–Trinajstić information content (AvgIpc) is 2.77. The maximum Gasteiger partial charge on any atom is 0.241 e. The van der Waals surface area contributed by atoms with Crippen LogP contribution in [0.2, 0.25) is 0 Å². The molecule has 19 heavy (non-hydrogen) atoms. The minimum atomic E-state index is -0.804. The summed E-state index contributed by atoms with van der Waals surface area (Å²) in [7, 11) is 0. The van der Waals surface area contributed by atoms with Crippen LogP contribution in [0.4, 0.5) is 5.69 Å². The lowest BCUT2D eigenvalue weighted by Gasteiger charge is -2.21. The highest BCUT2D eigenvalue weighted by Crippen LogP contribution is 2.32. The first-order chi connectivity index (χ1) is 8.98. The lowest BCUT2D eigenvalue weighted by atomic mass is 9.98. The van der Waals surface area contributed by atoms with E-state index in [0.29, 0.717) is 0 Å². The SMILES string of the molecule is Cc1cc(NNC(=O)CC2(O)CCCC2)ccc1Br. The van der Waals surface area contributed by atoms with Gasteiger partial charge in [0.1, 0.15) is 0 Å². The molecule has 0 spiro atoms. The Morgan fingerprint density at radius 3 is 2.74 bits per heavy atom. The number of amides is 1. The van der Waals surface area contributed by atoms with Crippen LogP contribution in [0.25, 0.3) is 0 Å². The van der Waals surface area contributed by atoms with Crippen molar-refractivity contribution < 1.29 is 9.90 Å². The number of aliphatic hydroxyl groups is 1. The van der Waals surface area contributed by atoms with Crippen molar-refractivity contribution in [3.63, 3.8) is 0 Å². The molecule has 0 heterocycles. The van der Waals surface area contributed by atoms with Crippen LogP contribution in [0.5, 0.6) is 0 Å². The molecule has 1 aromatic rings. The third-order valence-electron chi connectivity index (χ3n) is 3.53. The van der Waals surface area contributed by atoms with Crippen molar-refractivity contribution in [1.29, 1.82) is 0 Å². The Hall–Kier alpha value is -1.07. The first kappa shape index (κ1) is 14.3. The zero-order valence-corrected chi connectivity index (χ0v) is 12.6. The topological polar surface area (TPSA) is 61.4 Å². The minimum Gasteiger partial charge on any atom is -0.389 e. The van der Waals surface area contributed by atoms with Gasteiger partial charge in [-0.05, 0) is 43.5 Å². The molecule has 5 heteroatoms. The maximum absolute atomic E-state index is 11.8. The molecule has 0 aromatic heterocycles. The second kappa shape index (κ2) is 5.92. The molecular formula is C14H19BrN2O2. The van der Waals surface area contributed by atoms with Crippen molar-refractivity contribution in [2.75, 3.05) is 5.43 Å². The highest BCUT2D eigenvalue weighted by molar-refractivity contribution is 9.10. The van der Waals surface area contributed by atoms with Crippen molar-refractivity contribution in [2.45, 2.75) is 44.6 Å². The molecule has 0 saturated heterocycles.